The second kappa shape index (κ2) is 3.67. The minimum absolute atomic E-state index is 0.247. The van der Waals surface area contributed by atoms with Gasteiger partial charge in [-0.05, 0) is 30.5 Å². The summed E-state index contributed by atoms with van der Waals surface area (Å²) >= 11 is 0. The summed E-state index contributed by atoms with van der Waals surface area (Å²) in [6.07, 6.45) is 3.62. The highest BCUT2D eigenvalue weighted by Crippen LogP contribution is 2.36. The molecule has 0 unspecified atom stereocenters. The van der Waals surface area contributed by atoms with Gasteiger partial charge in [-0.25, -0.2) is 4.98 Å². The van der Waals surface area contributed by atoms with Gasteiger partial charge >= 0.3 is 0 Å². The van der Waals surface area contributed by atoms with Gasteiger partial charge in [-0.2, -0.15) is 0 Å². The van der Waals surface area contributed by atoms with Crippen molar-refractivity contribution in [1.82, 2.24) is 9.97 Å². The van der Waals surface area contributed by atoms with Crippen LogP contribution in [0.15, 0.2) is 24.5 Å². The molecule has 0 radical (unpaired) electrons. The molecule has 0 spiro atoms. The Kier molecular flexibility index (Phi) is 2.26. The third-order valence-electron chi connectivity index (χ3n) is 3.59. The van der Waals surface area contributed by atoms with Crippen LogP contribution in [0.3, 0.4) is 0 Å². The molecule has 17 heavy (non-hydrogen) atoms. The highest BCUT2D eigenvalue weighted by atomic mass is 16.3. The molecule has 0 bridgehead atoms. The fourth-order valence-electron chi connectivity index (χ4n) is 2.46. The van der Waals surface area contributed by atoms with Crippen LogP contribution >= 0.6 is 0 Å². The quantitative estimate of drug-likeness (QED) is 0.786. The van der Waals surface area contributed by atoms with Crippen LogP contribution in [-0.4, -0.2) is 20.9 Å². The number of H-pyrrole nitrogens is 1. The topological polar surface area (TPSA) is 66.0 Å². The molecule has 4 heteroatoms. The molecular weight excluding hydrogens is 216 g/mol. The zero-order valence-corrected chi connectivity index (χ0v) is 9.44. The van der Waals surface area contributed by atoms with Crippen LogP contribution in [0.4, 0.5) is 0 Å². The number of nitrogens with one attached hydrogen (secondary N) is 1. The molecule has 1 aliphatic carbocycles. The highest BCUT2D eigenvalue weighted by Gasteiger charge is 2.34. The molecule has 1 fully saturated rings. The second-order valence-electron chi connectivity index (χ2n) is 4.70. The summed E-state index contributed by atoms with van der Waals surface area (Å²) in [5.74, 6) is 0.247. The van der Waals surface area contributed by atoms with E-state index in [1.165, 1.54) is 0 Å². The van der Waals surface area contributed by atoms with Crippen molar-refractivity contribution in [3.63, 3.8) is 0 Å². The first kappa shape index (κ1) is 10.5. The third kappa shape index (κ3) is 1.74. The average molecular weight is 230 g/mol. The van der Waals surface area contributed by atoms with Gasteiger partial charge in [0, 0.05) is 12.8 Å². The molecule has 0 amide bonds. The van der Waals surface area contributed by atoms with E-state index in [4.69, 9.17) is 0 Å². The molecule has 1 heterocycles. The molecule has 1 aliphatic rings. The lowest BCUT2D eigenvalue weighted by atomic mass is 9.79. The van der Waals surface area contributed by atoms with Crippen molar-refractivity contribution in [2.24, 2.45) is 0 Å². The van der Waals surface area contributed by atoms with Gasteiger partial charge in [-0.3, -0.25) is 4.79 Å². The number of imidazole rings is 1. The molecule has 1 aromatic carbocycles. The van der Waals surface area contributed by atoms with Crippen LogP contribution in [0, 0.1) is 0 Å². The first-order valence-electron chi connectivity index (χ1n) is 5.85. The summed E-state index contributed by atoms with van der Waals surface area (Å²) in [4.78, 5) is 18.4. The number of hydrogen-bond acceptors (Lipinski definition) is 3. The number of aromatic nitrogens is 2. The second-order valence-corrected chi connectivity index (χ2v) is 4.70. The molecule has 0 saturated heterocycles. The lowest BCUT2D eigenvalue weighted by molar-refractivity contribution is -0.125. The van der Waals surface area contributed by atoms with Crippen LogP contribution in [0.2, 0.25) is 0 Å². The maximum Gasteiger partial charge on any atom is 0.133 e. The van der Waals surface area contributed by atoms with E-state index in [0.29, 0.717) is 25.7 Å². The molecule has 1 saturated carbocycles. The van der Waals surface area contributed by atoms with Gasteiger partial charge < -0.3 is 10.1 Å². The molecular formula is C13H14N2O2. The lowest BCUT2D eigenvalue weighted by Crippen LogP contribution is -2.31. The average Bonchev–Trinajstić information content (AvgIpc) is 2.80. The minimum atomic E-state index is -0.854. The number of rotatable bonds is 1. The summed E-state index contributed by atoms with van der Waals surface area (Å²) in [7, 11) is 0. The smallest absolute Gasteiger partial charge is 0.133 e. The van der Waals surface area contributed by atoms with E-state index in [1.54, 1.807) is 6.33 Å². The van der Waals surface area contributed by atoms with Crippen LogP contribution in [0.25, 0.3) is 11.0 Å². The lowest BCUT2D eigenvalue weighted by Gasteiger charge is -2.31. The van der Waals surface area contributed by atoms with Gasteiger partial charge in [-0.1, -0.05) is 6.07 Å². The summed E-state index contributed by atoms with van der Waals surface area (Å²) < 4.78 is 0. The molecule has 3 rings (SSSR count). The maximum atomic E-state index is 11.2. The Labute approximate surface area is 98.7 Å². The molecule has 0 atom stereocenters. The number of Topliss-reactive ketones (excluding diaryl/α,β-unsaturated/α-hetero) is 1. The molecule has 88 valence electrons. The van der Waals surface area contributed by atoms with Crippen molar-refractivity contribution in [3.05, 3.63) is 30.1 Å². The number of nitrogens with zero attached hydrogens (tertiary/aromatic N) is 1. The van der Waals surface area contributed by atoms with Crippen molar-refractivity contribution in [1.29, 1.82) is 0 Å². The largest absolute Gasteiger partial charge is 0.385 e. The SMILES string of the molecule is O=C1CCC(O)(c2ccc3nc[nH]c3c2)CC1. The van der Waals surface area contributed by atoms with E-state index < -0.39 is 5.60 Å². The van der Waals surface area contributed by atoms with Gasteiger partial charge in [-0.15, -0.1) is 0 Å². The van der Waals surface area contributed by atoms with Crippen molar-refractivity contribution in [3.8, 4) is 0 Å². The monoisotopic (exact) mass is 230 g/mol. The minimum Gasteiger partial charge on any atom is -0.385 e. The van der Waals surface area contributed by atoms with E-state index in [2.05, 4.69) is 9.97 Å². The van der Waals surface area contributed by atoms with Crippen LogP contribution in [0.1, 0.15) is 31.2 Å². The summed E-state index contributed by atoms with van der Waals surface area (Å²) in [6.45, 7) is 0. The summed E-state index contributed by atoms with van der Waals surface area (Å²) in [6, 6.07) is 5.73. The van der Waals surface area contributed by atoms with Crippen LogP contribution < -0.4 is 0 Å². The van der Waals surface area contributed by atoms with Crippen molar-refractivity contribution >= 4 is 16.8 Å². The number of hydrogen-bond donors (Lipinski definition) is 2. The molecule has 4 nitrogen and oxygen atoms in total. The van der Waals surface area contributed by atoms with E-state index in [9.17, 15) is 9.90 Å². The molecule has 0 aliphatic heterocycles. The van der Waals surface area contributed by atoms with Gasteiger partial charge in [0.2, 0.25) is 0 Å². The molecule has 1 aromatic heterocycles. The van der Waals surface area contributed by atoms with Gasteiger partial charge in [0.05, 0.1) is 23.0 Å². The van der Waals surface area contributed by atoms with Crippen LogP contribution in [-0.2, 0) is 10.4 Å². The summed E-state index contributed by atoms with van der Waals surface area (Å²) in [5.41, 5.74) is 1.84. The highest BCUT2D eigenvalue weighted by molar-refractivity contribution is 5.80. The number of carbonyl (C=O) groups is 1. The van der Waals surface area contributed by atoms with E-state index in [1.807, 2.05) is 18.2 Å². The van der Waals surface area contributed by atoms with Gasteiger partial charge in [0.15, 0.2) is 0 Å². The standard InChI is InChI=1S/C13H14N2O2/c16-10-3-5-13(17,6-4-10)9-1-2-11-12(7-9)15-8-14-11/h1-2,7-8,17H,3-6H2,(H,14,15). The van der Waals surface area contributed by atoms with Crippen molar-refractivity contribution in [2.45, 2.75) is 31.3 Å². The van der Waals surface area contributed by atoms with E-state index in [-0.39, 0.29) is 5.78 Å². The Balaban J connectivity index is 1.99. The predicted molar refractivity (Wildman–Crippen MR) is 63.5 cm³/mol. The zero-order valence-electron chi connectivity index (χ0n) is 9.44. The number of aliphatic hydroxyl groups is 1. The summed E-state index contributed by atoms with van der Waals surface area (Å²) in [5, 5.41) is 10.6. The van der Waals surface area contributed by atoms with Gasteiger partial charge in [0.1, 0.15) is 5.78 Å². The number of ketones is 1. The van der Waals surface area contributed by atoms with E-state index in [0.717, 1.165) is 16.6 Å². The third-order valence-corrected chi connectivity index (χ3v) is 3.59. The fraction of sp³-hybridized carbons (Fsp3) is 0.385. The fourth-order valence-corrected chi connectivity index (χ4v) is 2.46. The number of carbonyl (C=O) groups excluding carboxylic acids is 1. The number of aromatic amines is 1. The Morgan fingerprint density at radius 1 is 1.29 bits per heavy atom. The first-order valence-corrected chi connectivity index (χ1v) is 5.85. The normalized spacial score (nSPS) is 19.7. The number of benzene rings is 1. The molecule has 2 aromatic rings. The van der Waals surface area contributed by atoms with Crippen molar-refractivity contribution < 1.29 is 9.90 Å². The van der Waals surface area contributed by atoms with E-state index >= 15 is 0 Å². The molecule has 2 N–H and O–H groups in total. The Morgan fingerprint density at radius 2 is 2.06 bits per heavy atom. The predicted octanol–water partition coefficient (Wildman–Crippen LogP) is 1.89. The Morgan fingerprint density at radius 3 is 2.82 bits per heavy atom. The Hall–Kier alpha value is -1.68. The van der Waals surface area contributed by atoms with Crippen molar-refractivity contribution in [2.75, 3.05) is 0 Å². The van der Waals surface area contributed by atoms with Gasteiger partial charge in [0.25, 0.3) is 0 Å². The number of fused-ring (bicyclic) bond motifs is 1. The zero-order chi connectivity index (χ0) is 11.9. The maximum absolute atomic E-state index is 11.2. The first-order chi connectivity index (χ1) is 8.17. The van der Waals surface area contributed by atoms with Crippen LogP contribution in [0.5, 0.6) is 0 Å². The Bertz CT molecular complexity index is 564.